The molecule has 1 N–H and O–H groups in total. The maximum atomic E-state index is 13.2. The Bertz CT molecular complexity index is 1040. The van der Waals surface area contributed by atoms with Gasteiger partial charge in [0.15, 0.2) is 23.4 Å². The molecule has 2 bridgehead atoms. The average Bonchev–Trinajstić information content (AvgIpc) is 3.60. The van der Waals surface area contributed by atoms with Gasteiger partial charge in [-0.3, -0.25) is 14.5 Å². The summed E-state index contributed by atoms with van der Waals surface area (Å²) in [4.78, 5) is 28.3. The van der Waals surface area contributed by atoms with Gasteiger partial charge in [0.05, 0.1) is 24.2 Å². The summed E-state index contributed by atoms with van der Waals surface area (Å²) < 4.78 is 22.5. The molecular weight excluding hydrogens is 462 g/mol. The lowest BCUT2D eigenvalue weighted by Crippen LogP contribution is -2.76. The molecule has 0 unspecified atom stereocenters. The van der Waals surface area contributed by atoms with E-state index in [4.69, 9.17) is 18.9 Å². The molecule has 2 aliphatic heterocycles. The standard InChI is InChI=1S/C28H37NO7/c1-33-14-15-34-13-3-2-4-23(31)35-21-8-7-19-16-22-28(32)10-9-20(30)26-27(28,24(19)25(21)36-26)11-12-29(22)17-18-5-6-18/h7-8,18,22,26,32H,2-6,9-17H2,1H3/t22-,26+,27+,28-/m1/s1. The maximum absolute atomic E-state index is 13.2. The van der Waals surface area contributed by atoms with Crippen LogP contribution in [-0.2, 0) is 30.9 Å². The molecule has 4 atom stereocenters. The first-order chi connectivity index (χ1) is 17.5. The SMILES string of the molecule is COCCOCCCCC(=O)Oc1ccc2c3c1O[C@H]1C(=O)CC[C@@]4(O)[C@@H](C2)N(CC2CC2)CC[C@]314. The third-order valence-corrected chi connectivity index (χ3v) is 9.12. The molecule has 1 aromatic carbocycles. The Morgan fingerprint density at radius 1 is 1.19 bits per heavy atom. The molecule has 3 fully saturated rings. The number of aliphatic hydroxyl groups is 1. The van der Waals surface area contributed by atoms with Crippen molar-refractivity contribution in [2.45, 2.75) is 80.9 Å². The second kappa shape index (κ2) is 9.39. The molecule has 0 amide bonds. The summed E-state index contributed by atoms with van der Waals surface area (Å²) in [5.74, 6) is 1.32. The zero-order chi connectivity index (χ0) is 24.9. The number of benzene rings is 1. The summed E-state index contributed by atoms with van der Waals surface area (Å²) >= 11 is 0. The van der Waals surface area contributed by atoms with E-state index in [1.54, 1.807) is 7.11 Å². The molecule has 2 heterocycles. The molecule has 1 aromatic rings. The van der Waals surface area contributed by atoms with E-state index in [0.717, 1.165) is 43.0 Å². The monoisotopic (exact) mass is 499 g/mol. The van der Waals surface area contributed by atoms with Crippen LogP contribution in [-0.4, -0.2) is 79.5 Å². The van der Waals surface area contributed by atoms with Crippen molar-refractivity contribution in [2.75, 3.05) is 40.0 Å². The highest BCUT2D eigenvalue weighted by Crippen LogP contribution is 2.65. The zero-order valence-electron chi connectivity index (χ0n) is 21.1. The summed E-state index contributed by atoms with van der Waals surface area (Å²) in [7, 11) is 1.64. The van der Waals surface area contributed by atoms with Crippen molar-refractivity contribution in [1.29, 1.82) is 0 Å². The van der Waals surface area contributed by atoms with Crippen LogP contribution >= 0.6 is 0 Å². The van der Waals surface area contributed by atoms with Gasteiger partial charge in [0.25, 0.3) is 0 Å². The lowest BCUT2D eigenvalue weighted by atomic mass is 9.49. The van der Waals surface area contributed by atoms with Gasteiger partial charge in [-0.2, -0.15) is 0 Å². The normalized spacial score (nSPS) is 32.2. The lowest BCUT2D eigenvalue weighted by molar-refractivity contribution is -0.188. The fourth-order valence-corrected chi connectivity index (χ4v) is 7.22. The van der Waals surface area contributed by atoms with Gasteiger partial charge in [-0.15, -0.1) is 0 Å². The van der Waals surface area contributed by atoms with Gasteiger partial charge in [-0.1, -0.05) is 6.07 Å². The van der Waals surface area contributed by atoms with E-state index >= 15 is 0 Å². The van der Waals surface area contributed by atoms with Crippen molar-refractivity contribution in [3.8, 4) is 11.5 Å². The highest BCUT2D eigenvalue weighted by molar-refractivity contribution is 5.90. The van der Waals surface area contributed by atoms with Crippen molar-refractivity contribution in [3.63, 3.8) is 0 Å². The number of ether oxygens (including phenoxy) is 4. The zero-order valence-corrected chi connectivity index (χ0v) is 21.1. The van der Waals surface area contributed by atoms with Gasteiger partial charge >= 0.3 is 5.97 Å². The van der Waals surface area contributed by atoms with E-state index in [1.807, 2.05) is 12.1 Å². The minimum atomic E-state index is -1.01. The number of hydrogen-bond acceptors (Lipinski definition) is 8. The molecule has 0 radical (unpaired) electrons. The Hall–Kier alpha value is -2.00. The molecule has 1 saturated heterocycles. The van der Waals surface area contributed by atoms with Crippen LogP contribution in [0.1, 0.15) is 62.5 Å². The highest BCUT2D eigenvalue weighted by atomic mass is 16.6. The number of likely N-dealkylation sites (tertiary alicyclic amines) is 1. The van der Waals surface area contributed by atoms with Gasteiger partial charge in [0.1, 0.15) is 0 Å². The number of piperidine rings is 1. The summed E-state index contributed by atoms with van der Waals surface area (Å²) in [6.45, 7) is 3.56. The fraction of sp³-hybridized carbons (Fsp3) is 0.714. The van der Waals surface area contributed by atoms with Gasteiger partial charge in [-0.05, 0) is 69.0 Å². The van der Waals surface area contributed by atoms with Crippen LogP contribution in [0.15, 0.2) is 12.1 Å². The number of methoxy groups -OCH3 is 1. The fourth-order valence-electron chi connectivity index (χ4n) is 7.22. The Morgan fingerprint density at radius 2 is 2.06 bits per heavy atom. The number of hydrogen-bond donors (Lipinski definition) is 1. The number of Topliss-reactive ketones (excluding diaryl/α,β-unsaturated/α-hetero) is 1. The molecule has 1 spiro atoms. The van der Waals surface area contributed by atoms with Crippen LogP contribution in [0.5, 0.6) is 11.5 Å². The van der Waals surface area contributed by atoms with E-state index < -0.39 is 17.1 Å². The van der Waals surface area contributed by atoms with Crippen LogP contribution in [0.2, 0.25) is 0 Å². The van der Waals surface area contributed by atoms with Crippen molar-refractivity contribution >= 4 is 11.8 Å². The number of rotatable bonds is 11. The first-order valence-electron chi connectivity index (χ1n) is 13.6. The molecule has 6 rings (SSSR count). The third-order valence-electron chi connectivity index (χ3n) is 9.12. The Labute approximate surface area is 212 Å². The van der Waals surface area contributed by atoms with Crippen LogP contribution in [0.25, 0.3) is 0 Å². The second-order valence-electron chi connectivity index (χ2n) is 11.2. The average molecular weight is 500 g/mol. The maximum Gasteiger partial charge on any atom is 0.311 e. The van der Waals surface area contributed by atoms with Crippen LogP contribution in [0.3, 0.4) is 0 Å². The smallest absolute Gasteiger partial charge is 0.311 e. The van der Waals surface area contributed by atoms with Crippen molar-refractivity contribution < 1.29 is 33.6 Å². The third kappa shape index (κ3) is 3.80. The largest absolute Gasteiger partial charge is 0.477 e. The van der Waals surface area contributed by atoms with E-state index in [0.29, 0.717) is 57.0 Å². The highest BCUT2D eigenvalue weighted by Gasteiger charge is 2.73. The van der Waals surface area contributed by atoms with Crippen LogP contribution in [0, 0.1) is 5.92 Å². The van der Waals surface area contributed by atoms with Crippen molar-refractivity contribution in [1.82, 2.24) is 4.90 Å². The van der Waals surface area contributed by atoms with E-state index in [9.17, 15) is 14.7 Å². The van der Waals surface area contributed by atoms with E-state index in [2.05, 4.69) is 4.90 Å². The lowest BCUT2D eigenvalue weighted by Gasteiger charge is -2.62. The Balaban J connectivity index is 1.22. The summed E-state index contributed by atoms with van der Waals surface area (Å²) in [5, 5.41) is 12.3. The molecule has 0 aromatic heterocycles. The van der Waals surface area contributed by atoms with Crippen LogP contribution in [0.4, 0.5) is 0 Å². The van der Waals surface area contributed by atoms with Crippen LogP contribution < -0.4 is 9.47 Å². The van der Waals surface area contributed by atoms with Gasteiger partial charge in [0.2, 0.25) is 0 Å². The van der Waals surface area contributed by atoms with E-state index in [1.165, 1.54) is 12.8 Å². The van der Waals surface area contributed by atoms with Gasteiger partial charge in [-0.25, -0.2) is 0 Å². The molecule has 36 heavy (non-hydrogen) atoms. The van der Waals surface area contributed by atoms with Gasteiger partial charge in [0, 0.05) is 44.7 Å². The number of ketones is 1. The molecule has 196 valence electrons. The minimum Gasteiger partial charge on any atom is -0.477 e. The number of carbonyl (C=O) groups is 2. The molecule has 8 nitrogen and oxygen atoms in total. The van der Waals surface area contributed by atoms with Crippen molar-refractivity contribution in [2.24, 2.45) is 5.92 Å². The minimum absolute atomic E-state index is 0.0102. The van der Waals surface area contributed by atoms with Crippen molar-refractivity contribution in [3.05, 3.63) is 23.3 Å². The molecule has 3 aliphatic carbocycles. The predicted octanol–water partition coefficient (Wildman–Crippen LogP) is 2.56. The Kier molecular flexibility index (Phi) is 6.35. The molecule has 8 heteroatoms. The quantitative estimate of drug-likeness (QED) is 0.282. The number of carbonyl (C=O) groups excluding carboxylic acids is 2. The predicted molar refractivity (Wildman–Crippen MR) is 130 cm³/mol. The Morgan fingerprint density at radius 3 is 2.86 bits per heavy atom. The number of unbranched alkanes of at least 4 members (excludes halogenated alkanes) is 1. The topological polar surface area (TPSA) is 94.5 Å². The number of nitrogens with zero attached hydrogens (tertiary/aromatic N) is 1. The molecular formula is C28H37NO7. The first kappa shape index (κ1) is 24.3. The number of esters is 1. The summed E-state index contributed by atoms with van der Waals surface area (Å²) in [5.41, 5.74) is 0.271. The molecule has 2 saturated carbocycles. The second-order valence-corrected chi connectivity index (χ2v) is 11.2. The summed E-state index contributed by atoms with van der Waals surface area (Å²) in [6.07, 6.45) is 5.74. The van der Waals surface area contributed by atoms with Gasteiger partial charge < -0.3 is 24.1 Å². The first-order valence-corrected chi connectivity index (χ1v) is 13.6. The van der Waals surface area contributed by atoms with E-state index in [-0.39, 0.29) is 24.2 Å². The summed E-state index contributed by atoms with van der Waals surface area (Å²) in [6, 6.07) is 3.82. The molecule has 5 aliphatic rings.